The summed E-state index contributed by atoms with van der Waals surface area (Å²) in [5.74, 6) is 0. The first-order valence-electron chi connectivity index (χ1n) is 6.33. The Balaban J connectivity index is 2.12. The van der Waals surface area contributed by atoms with E-state index in [1.54, 1.807) is 0 Å². The topological polar surface area (TPSA) is 44.4 Å². The molecule has 1 atom stereocenters. The number of nitrogens with one attached hydrogen (secondary N) is 2. The molecule has 0 saturated carbocycles. The fourth-order valence-corrected chi connectivity index (χ4v) is 2.15. The minimum atomic E-state index is -4.49. The van der Waals surface area contributed by atoms with Crippen LogP contribution in [0.15, 0.2) is 24.3 Å². The highest BCUT2D eigenvalue weighted by Gasteiger charge is 2.34. The molecule has 1 saturated heterocycles. The Kier molecular flexibility index (Phi) is 4.17. The maximum absolute atomic E-state index is 12.8. The van der Waals surface area contributed by atoms with Gasteiger partial charge in [-0.15, -0.1) is 0 Å². The Hall–Kier alpha value is -1.76. The number of amides is 2. The molecule has 0 aliphatic carbocycles. The fourth-order valence-electron chi connectivity index (χ4n) is 2.15. The highest BCUT2D eigenvalue weighted by Crippen LogP contribution is 2.34. The normalized spacial score (nSPS) is 19.8. The number of benzene rings is 1. The van der Waals surface area contributed by atoms with E-state index in [4.69, 9.17) is 0 Å². The van der Waals surface area contributed by atoms with E-state index in [1.807, 2.05) is 6.92 Å². The van der Waals surface area contributed by atoms with Crippen LogP contribution in [-0.4, -0.2) is 36.6 Å². The van der Waals surface area contributed by atoms with Gasteiger partial charge >= 0.3 is 12.2 Å². The Labute approximate surface area is 114 Å². The maximum Gasteiger partial charge on any atom is 0.418 e. The first kappa shape index (κ1) is 14.6. The second-order valence-electron chi connectivity index (χ2n) is 4.77. The van der Waals surface area contributed by atoms with Gasteiger partial charge in [-0.2, -0.15) is 13.2 Å². The van der Waals surface area contributed by atoms with Crippen LogP contribution in [0.25, 0.3) is 0 Å². The van der Waals surface area contributed by atoms with Crippen molar-refractivity contribution >= 4 is 11.7 Å². The Morgan fingerprint density at radius 2 is 2.10 bits per heavy atom. The van der Waals surface area contributed by atoms with Crippen molar-refractivity contribution in [3.05, 3.63) is 29.8 Å². The molecule has 0 bridgehead atoms. The van der Waals surface area contributed by atoms with Crippen LogP contribution in [0.2, 0.25) is 0 Å². The van der Waals surface area contributed by atoms with Gasteiger partial charge in [0.1, 0.15) is 0 Å². The lowest BCUT2D eigenvalue weighted by Gasteiger charge is -2.32. The van der Waals surface area contributed by atoms with Gasteiger partial charge in [0.05, 0.1) is 11.3 Å². The number of carbonyl (C=O) groups excluding carboxylic acids is 1. The second kappa shape index (κ2) is 5.70. The first-order valence-corrected chi connectivity index (χ1v) is 6.33. The number of hydrogen-bond donors (Lipinski definition) is 2. The summed E-state index contributed by atoms with van der Waals surface area (Å²) in [6, 6.07) is 4.60. The summed E-state index contributed by atoms with van der Waals surface area (Å²) in [6.45, 7) is 3.50. The average molecular weight is 287 g/mol. The fraction of sp³-hybridized carbons (Fsp3) is 0.462. The molecule has 1 fully saturated rings. The standard InChI is InChI=1S/C13H16F3N3O/c1-9-8-19(7-6-17-9)12(20)18-11-5-3-2-4-10(11)13(14,15)16/h2-5,9,17H,6-8H2,1H3,(H,18,20). The molecule has 2 amide bonds. The SMILES string of the molecule is CC1CN(C(=O)Nc2ccccc2C(F)(F)F)CCN1. The van der Waals surface area contributed by atoms with Crippen LogP contribution < -0.4 is 10.6 Å². The highest BCUT2D eigenvalue weighted by molar-refractivity contribution is 5.90. The molecule has 2 N–H and O–H groups in total. The van der Waals surface area contributed by atoms with Crippen LogP contribution >= 0.6 is 0 Å². The van der Waals surface area contributed by atoms with Gasteiger partial charge in [-0.3, -0.25) is 0 Å². The first-order chi connectivity index (χ1) is 9.38. The summed E-state index contributed by atoms with van der Waals surface area (Å²) < 4.78 is 38.5. The third-order valence-electron chi connectivity index (χ3n) is 3.13. The van der Waals surface area contributed by atoms with E-state index in [0.717, 1.165) is 6.07 Å². The number of alkyl halides is 3. The molecule has 1 aromatic rings. The van der Waals surface area contributed by atoms with Crippen molar-refractivity contribution in [1.82, 2.24) is 10.2 Å². The van der Waals surface area contributed by atoms with E-state index < -0.39 is 17.8 Å². The molecule has 1 unspecified atom stereocenters. The number of nitrogens with zero attached hydrogens (tertiary/aromatic N) is 1. The van der Waals surface area contributed by atoms with Crippen molar-refractivity contribution in [2.45, 2.75) is 19.1 Å². The summed E-state index contributed by atoms with van der Waals surface area (Å²) in [5, 5.41) is 5.51. The van der Waals surface area contributed by atoms with Crippen molar-refractivity contribution in [3.8, 4) is 0 Å². The van der Waals surface area contributed by atoms with E-state index >= 15 is 0 Å². The number of halogens is 3. The molecule has 1 aliphatic heterocycles. The van der Waals surface area contributed by atoms with E-state index in [2.05, 4.69) is 10.6 Å². The van der Waals surface area contributed by atoms with Gasteiger partial charge in [-0.1, -0.05) is 12.1 Å². The van der Waals surface area contributed by atoms with E-state index in [-0.39, 0.29) is 11.7 Å². The van der Waals surface area contributed by atoms with Crippen molar-refractivity contribution in [1.29, 1.82) is 0 Å². The molecule has 4 nitrogen and oxygen atoms in total. The average Bonchev–Trinajstić information content (AvgIpc) is 2.38. The van der Waals surface area contributed by atoms with Gasteiger partial charge in [0.15, 0.2) is 0 Å². The van der Waals surface area contributed by atoms with Crippen LogP contribution in [0.1, 0.15) is 12.5 Å². The van der Waals surface area contributed by atoms with Gasteiger partial charge in [-0.25, -0.2) is 4.79 Å². The predicted octanol–water partition coefficient (Wildman–Crippen LogP) is 2.53. The zero-order valence-electron chi connectivity index (χ0n) is 11.0. The molecule has 1 heterocycles. The number of piperazine rings is 1. The van der Waals surface area contributed by atoms with Gasteiger partial charge in [-0.05, 0) is 19.1 Å². The van der Waals surface area contributed by atoms with Gasteiger partial charge in [0, 0.05) is 25.7 Å². The summed E-state index contributed by atoms with van der Waals surface area (Å²) in [7, 11) is 0. The summed E-state index contributed by atoms with van der Waals surface area (Å²) in [6.07, 6.45) is -4.49. The molecule has 2 rings (SSSR count). The molecule has 110 valence electrons. The molecule has 20 heavy (non-hydrogen) atoms. The number of para-hydroxylation sites is 1. The number of rotatable bonds is 1. The quantitative estimate of drug-likeness (QED) is 0.833. The van der Waals surface area contributed by atoms with Gasteiger partial charge in [0.25, 0.3) is 0 Å². The van der Waals surface area contributed by atoms with Crippen molar-refractivity contribution in [3.63, 3.8) is 0 Å². The molecule has 0 radical (unpaired) electrons. The Morgan fingerprint density at radius 3 is 2.75 bits per heavy atom. The lowest BCUT2D eigenvalue weighted by Crippen LogP contribution is -2.52. The second-order valence-corrected chi connectivity index (χ2v) is 4.77. The zero-order chi connectivity index (χ0) is 14.8. The summed E-state index contributed by atoms with van der Waals surface area (Å²) >= 11 is 0. The third-order valence-corrected chi connectivity index (χ3v) is 3.13. The summed E-state index contributed by atoms with van der Waals surface area (Å²) in [5.41, 5.74) is -1.05. The Morgan fingerprint density at radius 1 is 1.40 bits per heavy atom. The monoisotopic (exact) mass is 287 g/mol. The van der Waals surface area contributed by atoms with E-state index in [0.29, 0.717) is 19.6 Å². The molecular weight excluding hydrogens is 271 g/mol. The molecule has 1 aromatic carbocycles. The number of carbonyl (C=O) groups is 1. The number of hydrogen-bond acceptors (Lipinski definition) is 2. The molecule has 1 aliphatic rings. The molecular formula is C13H16F3N3O. The smallest absolute Gasteiger partial charge is 0.322 e. The number of anilines is 1. The van der Waals surface area contributed by atoms with E-state index in [9.17, 15) is 18.0 Å². The van der Waals surface area contributed by atoms with Crippen molar-refractivity contribution in [2.24, 2.45) is 0 Å². The molecule has 7 heteroatoms. The number of urea groups is 1. The van der Waals surface area contributed by atoms with Gasteiger partial charge < -0.3 is 15.5 Å². The van der Waals surface area contributed by atoms with Crippen LogP contribution in [0.4, 0.5) is 23.7 Å². The van der Waals surface area contributed by atoms with Gasteiger partial charge in [0.2, 0.25) is 0 Å². The highest BCUT2D eigenvalue weighted by atomic mass is 19.4. The minimum Gasteiger partial charge on any atom is -0.322 e. The van der Waals surface area contributed by atoms with Crippen molar-refractivity contribution in [2.75, 3.05) is 25.0 Å². The van der Waals surface area contributed by atoms with E-state index in [1.165, 1.54) is 23.1 Å². The molecule has 0 aromatic heterocycles. The van der Waals surface area contributed by atoms with Crippen molar-refractivity contribution < 1.29 is 18.0 Å². The lowest BCUT2D eigenvalue weighted by atomic mass is 10.1. The predicted molar refractivity (Wildman–Crippen MR) is 69.5 cm³/mol. The summed E-state index contributed by atoms with van der Waals surface area (Å²) in [4.78, 5) is 13.5. The minimum absolute atomic E-state index is 0.132. The molecule has 0 spiro atoms. The zero-order valence-corrected chi connectivity index (χ0v) is 11.0. The van der Waals surface area contributed by atoms with Crippen LogP contribution in [-0.2, 0) is 6.18 Å². The lowest BCUT2D eigenvalue weighted by molar-refractivity contribution is -0.136. The van der Waals surface area contributed by atoms with Crippen LogP contribution in [0.5, 0.6) is 0 Å². The van der Waals surface area contributed by atoms with Crippen LogP contribution in [0, 0.1) is 0 Å². The Bertz CT molecular complexity index is 490. The maximum atomic E-state index is 12.8. The third kappa shape index (κ3) is 3.41. The van der Waals surface area contributed by atoms with Crippen LogP contribution in [0.3, 0.4) is 0 Å². The largest absolute Gasteiger partial charge is 0.418 e.